The number of carbonyl (C=O) groups is 2. The van der Waals surface area contributed by atoms with Crippen LogP contribution in [0.15, 0.2) is 18.2 Å². The van der Waals surface area contributed by atoms with Crippen LogP contribution in [0, 0.1) is 19.8 Å². The van der Waals surface area contributed by atoms with E-state index in [1.807, 2.05) is 43.9 Å². The lowest BCUT2D eigenvalue weighted by Gasteiger charge is -2.17. The molecule has 0 spiro atoms. The molecule has 1 aromatic heterocycles. The number of benzene rings is 1. The Balaban J connectivity index is 1.71. The van der Waals surface area contributed by atoms with Gasteiger partial charge in [0.1, 0.15) is 5.01 Å². The van der Waals surface area contributed by atoms with Crippen molar-refractivity contribution in [2.45, 2.75) is 46.5 Å². The third-order valence-corrected chi connectivity index (χ3v) is 6.01. The van der Waals surface area contributed by atoms with Gasteiger partial charge < -0.3 is 10.2 Å². The Morgan fingerprint density at radius 3 is 2.81 bits per heavy atom. The topological polar surface area (TPSA) is 75.2 Å². The molecule has 26 heavy (non-hydrogen) atoms. The SMILES string of the molecule is CCC(C)C(=O)Nc1nnc(C2CC(=O)N(c3ccc(C)c(C)c3)C2)s1. The highest BCUT2D eigenvalue weighted by molar-refractivity contribution is 7.15. The maximum absolute atomic E-state index is 12.5. The third-order valence-electron chi connectivity index (χ3n) is 5.01. The molecule has 1 aromatic carbocycles. The zero-order valence-electron chi connectivity index (χ0n) is 15.6. The summed E-state index contributed by atoms with van der Waals surface area (Å²) in [4.78, 5) is 26.3. The minimum absolute atomic E-state index is 0.0101. The molecule has 138 valence electrons. The number of aromatic nitrogens is 2. The Labute approximate surface area is 157 Å². The Kier molecular flexibility index (Phi) is 5.36. The highest BCUT2D eigenvalue weighted by atomic mass is 32.1. The largest absolute Gasteiger partial charge is 0.312 e. The van der Waals surface area contributed by atoms with Crippen molar-refractivity contribution in [3.8, 4) is 0 Å². The lowest BCUT2D eigenvalue weighted by atomic mass is 10.1. The normalized spacial score (nSPS) is 18.2. The van der Waals surface area contributed by atoms with Gasteiger partial charge in [-0.25, -0.2) is 0 Å². The number of nitrogens with zero attached hydrogens (tertiary/aromatic N) is 3. The van der Waals surface area contributed by atoms with Gasteiger partial charge in [0.05, 0.1) is 0 Å². The first-order valence-corrected chi connectivity index (χ1v) is 9.72. The first kappa shape index (κ1) is 18.5. The quantitative estimate of drug-likeness (QED) is 0.869. The number of nitrogens with one attached hydrogen (secondary N) is 1. The number of hydrogen-bond acceptors (Lipinski definition) is 5. The van der Waals surface area contributed by atoms with E-state index in [9.17, 15) is 9.59 Å². The molecule has 2 unspecified atom stereocenters. The lowest BCUT2D eigenvalue weighted by Crippen LogP contribution is -2.24. The van der Waals surface area contributed by atoms with E-state index in [0.717, 1.165) is 17.1 Å². The Morgan fingerprint density at radius 2 is 2.12 bits per heavy atom. The fraction of sp³-hybridized carbons (Fsp3) is 0.474. The van der Waals surface area contributed by atoms with E-state index in [1.165, 1.54) is 22.5 Å². The van der Waals surface area contributed by atoms with Crippen molar-refractivity contribution in [3.63, 3.8) is 0 Å². The van der Waals surface area contributed by atoms with E-state index in [-0.39, 0.29) is 23.7 Å². The predicted octanol–water partition coefficient (Wildman–Crippen LogP) is 3.66. The summed E-state index contributed by atoms with van der Waals surface area (Å²) in [6.07, 6.45) is 1.19. The van der Waals surface area contributed by atoms with Gasteiger partial charge in [-0.05, 0) is 43.5 Å². The third kappa shape index (κ3) is 3.77. The molecular weight excluding hydrogens is 348 g/mol. The molecule has 3 rings (SSSR count). The van der Waals surface area contributed by atoms with Gasteiger partial charge in [0.15, 0.2) is 0 Å². The van der Waals surface area contributed by atoms with Gasteiger partial charge in [0.25, 0.3) is 0 Å². The van der Waals surface area contributed by atoms with Gasteiger partial charge in [-0.3, -0.25) is 9.59 Å². The summed E-state index contributed by atoms with van der Waals surface area (Å²) < 4.78 is 0. The maximum Gasteiger partial charge on any atom is 0.229 e. The van der Waals surface area contributed by atoms with Crippen molar-refractivity contribution in [2.75, 3.05) is 16.8 Å². The van der Waals surface area contributed by atoms with Gasteiger partial charge in [0, 0.05) is 30.5 Å². The molecule has 1 aliphatic heterocycles. The van der Waals surface area contributed by atoms with Crippen LogP contribution in [-0.2, 0) is 9.59 Å². The number of carbonyl (C=O) groups excluding carboxylic acids is 2. The summed E-state index contributed by atoms with van der Waals surface area (Å²) in [5, 5.41) is 12.4. The summed E-state index contributed by atoms with van der Waals surface area (Å²) in [6, 6.07) is 6.08. The summed E-state index contributed by atoms with van der Waals surface area (Å²) in [7, 11) is 0. The Morgan fingerprint density at radius 1 is 1.35 bits per heavy atom. The van der Waals surface area contributed by atoms with Crippen molar-refractivity contribution < 1.29 is 9.59 Å². The number of hydrogen-bond donors (Lipinski definition) is 1. The molecule has 0 radical (unpaired) electrons. The second-order valence-corrected chi connectivity index (χ2v) is 7.93. The van der Waals surface area contributed by atoms with Crippen molar-refractivity contribution in [1.82, 2.24) is 10.2 Å². The smallest absolute Gasteiger partial charge is 0.229 e. The van der Waals surface area contributed by atoms with Crippen LogP contribution in [0.5, 0.6) is 0 Å². The van der Waals surface area contributed by atoms with Crippen LogP contribution in [0.3, 0.4) is 0 Å². The number of amides is 2. The second kappa shape index (κ2) is 7.53. The van der Waals surface area contributed by atoms with E-state index >= 15 is 0 Å². The molecule has 2 atom stereocenters. The summed E-state index contributed by atoms with van der Waals surface area (Å²) in [5.74, 6) is -0.000337. The molecule has 2 heterocycles. The van der Waals surface area contributed by atoms with Gasteiger partial charge in [-0.15, -0.1) is 10.2 Å². The van der Waals surface area contributed by atoms with E-state index < -0.39 is 0 Å². The van der Waals surface area contributed by atoms with Gasteiger partial charge in [-0.1, -0.05) is 31.3 Å². The molecule has 2 aromatic rings. The van der Waals surface area contributed by atoms with Gasteiger partial charge in [0.2, 0.25) is 16.9 Å². The molecular formula is C19H24N4O2S. The van der Waals surface area contributed by atoms with Crippen molar-refractivity contribution >= 4 is 34.0 Å². The average molecular weight is 372 g/mol. The fourth-order valence-electron chi connectivity index (χ4n) is 2.88. The molecule has 2 amide bonds. The highest BCUT2D eigenvalue weighted by Gasteiger charge is 2.34. The Hall–Kier alpha value is -2.28. The van der Waals surface area contributed by atoms with E-state index in [1.54, 1.807) is 0 Å². The highest BCUT2D eigenvalue weighted by Crippen LogP contribution is 2.34. The number of aryl methyl sites for hydroxylation is 2. The van der Waals surface area contributed by atoms with Crippen LogP contribution in [0.2, 0.25) is 0 Å². The van der Waals surface area contributed by atoms with Crippen LogP contribution in [0.25, 0.3) is 0 Å². The van der Waals surface area contributed by atoms with Gasteiger partial charge in [-0.2, -0.15) is 0 Å². The summed E-state index contributed by atoms with van der Waals surface area (Å²) in [6.45, 7) is 8.56. The molecule has 1 N–H and O–H groups in total. The fourth-order valence-corrected chi connectivity index (χ4v) is 3.72. The van der Waals surface area contributed by atoms with E-state index in [0.29, 0.717) is 18.1 Å². The molecule has 7 heteroatoms. The second-order valence-electron chi connectivity index (χ2n) is 6.92. The molecule has 0 bridgehead atoms. The minimum atomic E-state index is -0.0596. The van der Waals surface area contributed by atoms with Gasteiger partial charge >= 0.3 is 0 Å². The minimum Gasteiger partial charge on any atom is -0.312 e. The molecule has 0 aliphatic carbocycles. The van der Waals surface area contributed by atoms with Crippen LogP contribution < -0.4 is 10.2 Å². The van der Waals surface area contributed by atoms with Crippen LogP contribution in [-0.4, -0.2) is 28.6 Å². The van der Waals surface area contributed by atoms with E-state index in [4.69, 9.17) is 0 Å². The monoisotopic (exact) mass is 372 g/mol. The first-order valence-electron chi connectivity index (χ1n) is 8.91. The zero-order chi connectivity index (χ0) is 18.8. The lowest BCUT2D eigenvalue weighted by molar-refractivity contribution is -0.119. The van der Waals surface area contributed by atoms with Crippen molar-refractivity contribution in [2.24, 2.45) is 5.92 Å². The zero-order valence-corrected chi connectivity index (χ0v) is 16.4. The molecule has 1 fully saturated rings. The van der Waals surface area contributed by atoms with E-state index in [2.05, 4.69) is 22.4 Å². The maximum atomic E-state index is 12.5. The molecule has 0 saturated carbocycles. The summed E-state index contributed by atoms with van der Waals surface area (Å²) >= 11 is 1.36. The predicted molar refractivity (Wildman–Crippen MR) is 104 cm³/mol. The summed E-state index contributed by atoms with van der Waals surface area (Å²) in [5.41, 5.74) is 3.31. The average Bonchev–Trinajstić information content (AvgIpc) is 3.23. The van der Waals surface area contributed by atoms with Crippen LogP contribution in [0.1, 0.15) is 48.7 Å². The van der Waals surface area contributed by atoms with Crippen LogP contribution in [0.4, 0.5) is 10.8 Å². The van der Waals surface area contributed by atoms with Crippen LogP contribution >= 0.6 is 11.3 Å². The molecule has 1 aliphatic rings. The molecule has 6 nitrogen and oxygen atoms in total. The first-order chi connectivity index (χ1) is 12.4. The van der Waals surface area contributed by atoms with Crippen molar-refractivity contribution in [3.05, 3.63) is 34.3 Å². The Bertz CT molecular complexity index is 833. The standard InChI is InChI=1S/C19H24N4O2S/c1-5-11(2)17(25)20-19-22-21-18(26-19)14-9-16(24)23(10-14)15-7-6-12(3)13(4)8-15/h6-8,11,14H,5,9-10H2,1-4H3,(H,20,22,25). The molecule has 1 saturated heterocycles. The number of rotatable bonds is 5. The van der Waals surface area contributed by atoms with Crippen molar-refractivity contribution in [1.29, 1.82) is 0 Å². The number of anilines is 2.